The number of imide groups is 1. The first-order chi connectivity index (χ1) is 16.3. The molecule has 3 N–H and O–H groups in total. The van der Waals surface area contributed by atoms with E-state index in [2.05, 4.69) is 0 Å². The summed E-state index contributed by atoms with van der Waals surface area (Å²) in [5.74, 6) is -3.66. The minimum Gasteiger partial charge on any atom is -0.544 e. The molecular weight excluding hydrogens is 460 g/mol. The van der Waals surface area contributed by atoms with Gasteiger partial charge in [0.2, 0.25) is 11.8 Å². The van der Waals surface area contributed by atoms with Crippen LogP contribution < -0.4 is 24.8 Å². The fourth-order valence-corrected chi connectivity index (χ4v) is 5.71. The molecule has 0 bridgehead atoms. The normalized spacial score (nSPS) is 26.0. The van der Waals surface area contributed by atoms with E-state index in [4.69, 9.17) is 9.47 Å². The van der Waals surface area contributed by atoms with Gasteiger partial charge in [0, 0.05) is 6.42 Å². The van der Waals surface area contributed by atoms with E-state index < -0.39 is 41.2 Å². The van der Waals surface area contributed by atoms with Crippen molar-refractivity contribution < 1.29 is 39.4 Å². The predicted octanol–water partition coefficient (Wildman–Crippen LogP) is 0.0751. The maximum Gasteiger partial charge on any atom is 0.244 e. The van der Waals surface area contributed by atoms with Gasteiger partial charge in [-0.05, 0) is 48.4 Å². The van der Waals surface area contributed by atoms with Gasteiger partial charge in [0.15, 0.2) is 17.0 Å². The highest BCUT2D eigenvalue weighted by Gasteiger charge is 2.70. The summed E-state index contributed by atoms with van der Waals surface area (Å²) in [5.41, 5.74) is -1.00. The number of nitrogens with two attached hydrogens (primary N) is 1. The lowest BCUT2D eigenvalue weighted by molar-refractivity contribution is -0.739. The number of methoxy groups -OCH3 is 2. The number of para-hydroxylation sites is 1. The van der Waals surface area contributed by atoms with Crippen LogP contribution in [0.1, 0.15) is 18.0 Å². The zero-order valence-corrected chi connectivity index (χ0v) is 19.8. The van der Waals surface area contributed by atoms with Crippen LogP contribution in [-0.4, -0.2) is 54.7 Å². The van der Waals surface area contributed by atoms with Gasteiger partial charge in [0.25, 0.3) is 0 Å². The number of carbonyl (C=O) groups is 3. The molecule has 2 aliphatic heterocycles. The molecule has 4 atom stereocenters. The Balaban J connectivity index is 1.86. The third-order valence-corrected chi connectivity index (χ3v) is 7.42. The Bertz CT molecular complexity index is 1120. The highest BCUT2D eigenvalue weighted by atomic mass is 32.2. The lowest BCUT2D eigenvalue weighted by atomic mass is 9.78. The number of phenolic OH excluding ortho intramolecular Hbond substituents is 1. The van der Waals surface area contributed by atoms with Crippen LogP contribution in [0.2, 0.25) is 0 Å². The van der Waals surface area contributed by atoms with E-state index in [9.17, 15) is 24.6 Å². The third-order valence-electron chi connectivity index (χ3n) is 6.81. The number of nitrogens with zero attached hydrogens (tertiary/aromatic N) is 1. The van der Waals surface area contributed by atoms with Crippen LogP contribution in [-0.2, 0) is 14.4 Å². The molecule has 2 heterocycles. The van der Waals surface area contributed by atoms with E-state index in [0.717, 1.165) is 4.90 Å². The molecule has 180 valence electrons. The number of thioether (sulfide) groups is 1. The molecule has 0 saturated carbocycles. The number of aromatic hydroxyl groups is 1. The first kappa shape index (κ1) is 23.9. The molecule has 4 rings (SSSR count). The maximum absolute atomic E-state index is 13.7. The van der Waals surface area contributed by atoms with Crippen molar-refractivity contribution in [2.45, 2.75) is 18.0 Å². The zero-order valence-electron chi connectivity index (χ0n) is 19.0. The highest BCUT2D eigenvalue weighted by molar-refractivity contribution is 7.98. The Morgan fingerprint density at radius 1 is 1.15 bits per heavy atom. The summed E-state index contributed by atoms with van der Waals surface area (Å²) >= 11 is 1.44. The number of aliphatic carboxylic acids is 1. The number of carbonyl (C=O) groups excluding carboxylic acids is 3. The minimum atomic E-state index is -1.66. The first-order valence-corrected chi connectivity index (χ1v) is 12.1. The van der Waals surface area contributed by atoms with E-state index in [1.807, 2.05) is 6.26 Å². The molecule has 4 unspecified atom stereocenters. The van der Waals surface area contributed by atoms with Crippen LogP contribution in [0.25, 0.3) is 0 Å². The second kappa shape index (κ2) is 9.19. The molecule has 2 aromatic rings. The van der Waals surface area contributed by atoms with E-state index in [0.29, 0.717) is 22.8 Å². The minimum absolute atomic E-state index is 0.119. The molecule has 10 heteroatoms. The van der Waals surface area contributed by atoms with Gasteiger partial charge in [0.05, 0.1) is 25.5 Å². The SMILES string of the molecule is COc1ccc(N2C(=O)C3C(c4cccc(OC)c4O)[NH2+]C(CCSC)(C(=O)[O-])C3C2=O)cc1. The van der Waals surface area contributed by atoms with Gasteiger partial charge in [-0.2, -0.15) is 11.8 Å². The second-order valence-corrected chi connectivity index (χ2v) is 9.36. The lowest BCUT2D eigenvalue weighted by Gasteiger charge is -2.32. The van der Waals surface area contributed by atoms with Crippen LogP contribution in [0, 0.1) is 11.8 Å². The number of anilines is 1. The van der Waals surface area contributed by atoms with Crippen molar-refractivity contribution in [3.05, 3.63) is 48.0 Å². The molecule has 0 spiro atoms. The summed E-state index contributed by atoms with van der Waals surface area (Å²) in [6.45, 7) is 0. The highest BCUT2D eigenvalue weighted by Crippen LogP contribution is 2.49. The molecule has 0 radical (unpaired) electrons. The van der Waals surface area contributed by atoms with Crippen molar-refractivity contribution >= 4 is 35.2 Å². The smallest absolute Gasteiger partial charge is 0.244 e. The van der Waals surface area contributed by atoms with Crippen molar-refractivity contribution in [2.24, 2.45) is 11.8 Å². The average molecular weight is 487 g/mol. The number of amides is 2. The molecule has 0 aromatic heterocycles. The molecule has 2 saturated heterocycles. The van der Waals surface area contributed by atoms with Gasteiger partial charge in [0.1, 0.15) is 29.6 Å². The molecule has 0 aliphatic carbocycles. The largest absolute Gasteiger partial charge is 0.544 e. The van der Waals surface area contributed by atoms with Crippen LogP contribution in [0.15, 0.2) is 42.5 Å². The van der Waals surface area contributed by atoms with E-state index in [-0.39, 0.29) is 17.9 Å². The van der Waals surface area contributed by atoms with Gasteiger partial charge in [-0.25, -0.2) is 4.90 Å². The monoisotopic (exact) mass is 486 g/mol. The van der Waals surface area contributed by atoms with Gasteiger partial charge in [-0.1, -0.05) is 6.07 Å². The van der Waals surface area contributed by atoms with Crippen molar-refractivity contribution in [1.29, 1.82) is 0 Å². The summed E-state index contributed by atoms with van der Waals surface area (Å²) in [6.07, 6.45) is 1.96. The van der Waals surface area contributed by atoms with E-state index in [1.165, 1.54) is 31.3 Å². The van der Waals surface area contributed by atoms with E-state index >= 15 is 0 Å². The lowest BCUT2D eigenvalue weighted by Crippen LogP contribution is -2.99. The van der Waals surface area contributed by atoms with Crippen molar-refractivity contribution in [1.82, 2.24) is 0 Å². The number of carboxylic acids is 1. The predicted molar refractivity (Wildman–Crippen MR) is 123 cm³/mol. The second-order valence-electron chi connectivity index (χ2n) is 8.37. The zero-order chi connectivity index (χ0) is 24.6. The van der Waals surface area contributed by atoms with Crippen molar-refractivity contribution in [2.75, 3.05) is 31.1 Å². The van der Waals surface area contributed by atoms with Gasteiger partial charge in [-0.3, -0.25) is 9.59 Å². The Hall–Kier alpha value is -3.24. The number of carboxylic acid groups (broad SMARTS) is 1. The number of hydrogen-bond acceptors (Lipinski definition) is 8. The molecule has 2 fully saturated rings. The molecular formula is C24H26N2O7S. The Morgan fingerprint density at radius 2 is 1.85 bits per heavy atom. The third kappa shape index (κ3) is 3.57. The Kier molecular flexibility index (Phi) is 6.46. The fourth-order valence-electron chi connectivity index (χ4n) is 5.17. The van der Waals surface area contributed by atoms with E-state index in [1.54, 1.807) is 42.5 Å². The summed E-state index contributed by atoms with van der Waals surface area (Å²) in [4.78, 5) is 41.0. The van der Waals surface area contributed by atoms with Crippen LogP contribution in [0.3, 0.4) is 0 Å². The number of fused-ring (bicyclic) bond motifs is 1. The number of benzene rings is 2. The average Bonchev–Trinajstić information content (AvgIpc) is 3.32. The summed E-state index contributed by atoms with van der Waals surface area (Å²) in [6, 6.07) is 10.4. The first-order valence-electron chi connectivity index (χ1n) is 10.7. The maximum atomic E-state index is 13.7. The fraction of sp³-hybridized carbons (Fsp3) is 0.375. The number of phenols is 1. The van der Waals surface area contributed by atoms with Crippen molar-refractivity contribution in [3.8, 4) is 17.2 Å². The molecule has 34 heavy (non-hydrogen) atoms. The van der Waals surface area contributed by atoms with Crippen LogP contribution >= 0.6 is 11.8 Å². The standard InChI is InChI=1S/C24H26N2O7S/c1-32-14-9-7-13(8-10-14)26-21(28)17-18(22(26)29)24(23(30)31,11-12-34-3)25-19(17)15-5-4-6-16(33-2)20(15)27/h4-10,17-19,25,27H,11-12H2,1-3H3,(H,30,31). The summed E-state index contributed by atoms with van der Waals surface area (Å²) < 4.78 is 10.4. The van der Waals surface area contributed by atoms with Crippen LogP contribution in [0.5, 0.6) is 17.2 Å². The number of quaternary nitrogens is 1. The number of ether oxygens (including phenoxy) is 2. The number of rotatable bonds is 8. The summed E-state index contributed by atoms with van der Waals surface area (Å²) in [5, 5.41) is 24.9. The van der Waals surface area contributed by atoms with Crippen molar-refractivity contribution in [3.63, 3.8) is 0 Å². The van der Waals surface area contributed by atoms with Gasteiger partial charge in [-0.15, -0.1) is 0 Å². The Morgan fingerprint density at radius 3 is 2.44 bits per heavy atom. The topological polar surface area (TPSA) is 133 Å². The van der Waals surface area contributed by atoms with Gasteiger partial charge >= 0.3 is 0 Å². The molecule has 9 nitrogen and oxygen atoms in total. The molecule has 2 amide bonds. The number of hydrogen-bond donors (Lipinski definition) is 2. The van der Waals surface area contributed by atoms with Crippen LogP contribution in [0.4, 0.5) is 5.69 Å². The summed E-state index contributed by atoms with van der Waals surface area (Å²) in [7, 11) is 2.91. The Labute approximate surface area is 201 Å². The molecule has 2 aliphatic rings. The molecule has 2 aromatic carbocycles. The van der Waals surface area contributed by atoms with Gasteiger partial charge < -0.3 is 29.8 Å². The quantitative estimate of drug-likeness (QED) is 0.501.